The van der Waals surface area contributed by atoms with Crippen LogP contribution >= 0.6 is 0 Å². The smallest absolute Gasteiger partial charge is 0.328 e. The van der Waals surface area contributed by atoms with Gasteiger partial charge in [-0.2, -0.15) is 0 Å². The Kier molecular flexibility index (Phi) is 6.10. The molecule has 0 bridgehead atoms. The number of allylic oxidation sites excluding steroid dienone is 2. The van der Waals surface area contributed by atoms with Gasteiger partial charge < -0.3 is 9.47 Å². The Morgan fingerprint density at radius 1 is 1.12 bits per heavy atom. The summed E-state index contributed by atoms with van der Waals surface area (Å²) >= 11 is 0. The molecule has 1 fully saturated rings. The Bertz CT molecular complexity index is 814. The van der Waals surface area contributed by atoms with E-state index in [0.717, 1.165) is 5.57 Å². The Morgan fingerprint density at radius 2 is 1.81 bits per heavy atom. The van der Waals surface area contributed by atoms with Crippen molar-refractivity contribution in [2.45, 2.75) is 0 Å². The summed E-state index contributed by atoms with van der Waals surface area (Å²) in [6, 6.07) is 4.08. The third kappa shape index (κ3) is 4.47. The molecule has 1 aliphatic rings. The fourth-order valence-corrected chi connectivity index (χ4v) is 2.16. The van der Waals surface area contributed by atoms with Crippen molar-refractivity contribution in [1.29, 1.82) is 0 Å². The molecule has 7 nitrogen and oxygen atoms in total. The zero-order valence-electron chi connectivity index (χ0n) is 14.2. The molecule has 1 heterocycles. The Morgan fingerprint density at radius 3 is 2.38 bits per heavy atom. The number of hydrogen-bond acceptors (Lipinski definition) is 5. The second-order valence-corrected chi connectivity index (χ2v) is 5.18. The summed E-state index contributed by atoms with van der Waals surface area (Å²) in [5.74, 6) is -0.618. The maximum atomic E-state index is 11.8. The third-order valence-corrected chi connectivity index (χ3v) is 3.43. The molecule has 0 saturated carbocycles. The number of nitrogens with one attached hydrogen (secondary N) is 2. The number of amides is 4. The zero-order chi connectivity index (χ0) is 19.1. The van der Waals surface area contributed by atoms with E-state index in [9.17, 15) is 14.4 Å². The van der Waals surface area contributed by atoms with Crippen molar-refractivity contribution in [1.82, 2.24) is 10.6 Å². The van der Waals surface area contributed by atoms with Crippen molar-refractivity contribution < 1.29 is 23.9 Å². The van der Waals surface area contributed by atoms with Gasteiger partial charge in [-0.05, 0) is 29.3 Å². The van der Waals surface area contributed by atoms with Gasteiger partial charge in [0.1, 0.15) is 12.2 Å². The first-order chi connectivity index (χ1) is 12.5. The monoisotopic (exact) mass is 354 g/mol. The first-order valence-corrected chi connectivity index (χ1v) is 7.61. The van der Waals surface area contributed by atoms with E-state index in [1.807, 2.05) is 10.6 Å². The molecule has 1 aromatic carbocycles. The summed E-state index contributed by atoms with van der Waals surface area (Å²) in [6.45, 7) is 7.56. The van der Waals surface area contributed by atoms with E-state index < -0.39 is 17.8 Å². The molecule has 7 heteroatoms. The van der Waals surface area contributed by atoms with Crippen LogP contribution in [0.3, 0.4) is 0 Å². The Balaban J connectivity index is 2.30. The van der Waals surface area contributed by atoms with E-state index in [4.69, 9.17) is 9.47 Å². The highest BCUT2D eigenvalue weighted by molar-refractivity contribution is 6.31. The molecular weight excluding hydrogens is 336 g/mol. The molecule has 0 radical (unpaired) electrons. The molecule has 0 spiro atoms. The van der Waals surface area contributed by atoms with Gasteiger partial charge in [0.25, 0.3) is 11.8 Å². The molecule has 1 aromatic rings. The lowest BCUT2D eigenvalue weighted by Crippen LogP contribution is -2.51. The number of hydrogen-bond donors (Lipinski definition) is 2. The topological polar surface area (TPSA) is 93.7 Å². The zero-order valence-corrected chi connectivity index (χ0v) is 14.2. The summed E-state index contributed by atoms with van der Waals surface area (Å²) in [5, 5.41) is 4.03. The molecule has 2 rings (SSSR count). The fourth-order valence-electron chi connectivity index (χ4n) is 2.16. The third-order valence-electron chi connectivity index (χ3n) is 3.43. The van der Waals surface area contributed by atoms with Crippen LogP contribution in [0.5, 0.6) is 11.5 Å². The van der Waals surface area contributed by atoms with Crippen LogP contribution in [0.1, 0.15) is 5.56 Å². The van der Waals surface area contributed by atoms with Crippen molar-refractivity contribution in [3.05, 3.63) is 66.3 Å². The quantitative estimate of drug-likeness (QED) is 0.444. The first-order valence-electron chi connectivity index (χ1n) is 7.61. The molecule has 1 saturated heterocycles. The lowest BCUT2D eigenvalue weighted by molar-refractivity contribution is -0.123. The average molecular weight is 354 g/mol. The summed E-state index contributed by atoms with van der Waals surface area (Å²) in [4.78, 5) is 34.7. The van der Waals surface area contributed by atoms with Gasteiger partial charge in [-0.1, -0.05) is 37.5 Å². The summed E-state index contributed by atoms with van der Waals surface area (Å²) < 4.78 is 11.0. The van der Waals surface area contributed by atoms with Crippen molar-refractivity contribution >= 4 is 23.9 Å². The van der Waals surface area contributed by atoms with Gasteiger partial charge >= 0.3 is 6.03 Å². The number of barbiturate groups is 1. The van der Waals surface area contributed by atoms with E-state index in [-0.39, 0.29) is 12.2 Å². The summed E-state index contributed by atoms with van der Waals surface area (Å²) in [5.41, 5.74) is 1.16. The molecule has 1 aliphatic heterocycles. The van der Waals surface area contributed by atoms with Gasteiger partial charge in [0.05, 0.1) is 7.11 Å². The highest BCUT2D eigenvalue weighted by Gasteiger charge is 2.27. The Hall–Kier alpha value is -3.61. The SMILES string of the molecule is C=C/C=C(\C=C)COc1cc(C=C2C(=O)NC(=O)NC2=O)ccc1OC. The second kappa shape index (κ2) is 8.48. The maximum absolute atomic E-state index is 11.8. The van der Waals surface area contributed by atoms with Crippen molar-refractivity contribution in [2.24, 2.45) is 0 Å². The molecule has 4 amide bonds. The van der Waals surface area contributed by atoms with Gasteiger partial charge in [0, 0.05) is 0 Å². The summed E-state index contributed by atoms with van der Waals surface area (Å²) in [6.07, 6.45) is 6.39. The molecular formula is C19H18N2O5. The van der Waals surface area contributed by atoms with Crippen molar-refractivity contribution in [3.8, 4) is 11.5 Å². The number of urea groups is 1. The second-order valence-electron chi connectivity index (χ2n) is 5.18. The highest BCUT2D eigenvalue weighted by atomic mass is 16.5. The first kappa shape index (κ1) is 18.7. The predicted octanol–water partition coefficient (Wildman–Crippen LogP) is 2.12. The van der Waals surface area contributed by atoms with Crippen LogP contribution in [0.4, 0.5) is 4.79 Å². The lowest BCUT2D eigenvalue weighted by atomic mass is 10.1. The minimum Gasteiger partial charge on any atom is -0.493 e. The minimum absolute atomic E-state index is 0.181. The summed E-state index contributed by atoms with van der Waals surface area (Å²) in [7, 11) is 1.50. The van der Waals surface area contributed by atoms with E-state index >= 15 is 0 Å². The van der Waals surface area contributed by atoms with Gasteiger partial charge in [-0.3, -0.25) is 20.2 Å². The lowest BCUT2D eigenvalue weighted by Gasteiger charge is -2.15. The minimum atomic E-state index is -0.845. The number of carbonyl (C=O) groups is 3. The van der Waals surface area contributed by atoms with Crippen LogP contribution in [-0.4, -0.2) is 31.6 Å². The van der Waals surface area contributed by atoms with Crippen LogP contribution in [0, 0.1) is 0 Å². The highest BCUT2D eigenvalue weighted by Crippen LogP contribution is 2.29. The number of rotatable bonds is 7. The number of benzene rings is 1. The van der Waals surface area contributed by atoms with Crippen LogP contribution in [0.15, 0.2) is 60.7 Å². The van der Waals surface area contributed by atoms with E-state index in [1.165, 1.54) is 13.2 Å². The molecule has 0 unspecified atom stereocenters. The van der Waals surface area contributed by atoms with Gasteiger partial charge in [-0.15, -0.1) is 0 Å². The van der Waals surface area contributed by atoms with Crippen LogP contribution < -0.4 is 20.1 Å². The van der Waals surface area contributed by atoms with Gasteiger partial charge in [0.15, 0.2) is 11.5 Å². The van der Waals surface area contributed by atoms with Crippen LogP contribution in [-0.2, 0) is 9.59 Å². The van der Waals surface area contributed by atoms with E-state index in [1.54, 1.807) is 36.4 Å². The molecule has 134 valence electrons. The van der Waals surface area contributed by atoms with E-state index in [2.05, 4.69) is 13.2 Å². The fraction of sp³-hybridized carbons (Fsp3) is 0.105. The number of carbonyl (C=O) groups excluding carboxylic acids is 3. The van der Waals surface area contributed by atoms with Crippen LogP contribution in [0.2, 0.25) is 0 Å². The van der Waals surface area contributed by atoms with Crippen LogP contribution in [0.25, 0.3) is 6.08 Å². The number of methoxy groups -OCH3 is 1. The van der Waals surface area contributed by atoms with Gasteiger partial charge in [0.2, 0.25) is 0 Å². The molecule has 26 heavy (non-hydrogen) atoms. The molecule has 0 aromatic heterocycles. The maximum Gasteiger partial charge on any atom is 0.328 e. The molecule has 0 aliphatic carbocycles. The average Bonchev–Trinajstić information content (AvgIpc) is 2.61. The van der Waals surface area contributed by atoms with E-state index in [0.29, 0.717) is 17.1 Å². The molecule has 2 N–H and O–H groups in total. The normalized spacial score (nSPS) is 14.3. The van der Waals surface area contributed by atoms with Crippen molar-refractivity contribution in [2.75, 3.05) is 13.7 Å². The standard InChI is InChI=1S/C19H18N2O5/c1-4-6-12(5-2)11-26-16-10-13(7-8-15(16)25-3)9-14-17(22)20-19(24)21-18(14)23/h4-10H,1-2,11H2,3H3,(H2,20,21,22,23,24)/b12-6+. The Labute approximate surface area is 150 Å². The predicted molar refractivity (Wildman–Crippen MR) is 96.6 cm³/mol. The largest absolute Gasteiger partial charge is 0.493 e. The molecule has 0 atom stereocenters. The number of imide groups is 2. The van der Waals surface area contributed by atoms with Gasteiger partial charge in [-0.25, -0.2) is 4.79 Å². The number of ether oxygens (including phenoxy) is 2. The van der Waals surface area contributed by atoms with Crippen molar-refractivity contribution in [3.63, 3.8) is 0 Å².